The molecular formula is C12H10BrN3S2. The number of aromatic nitrogens is 3. The molecule has 3 aromatic heterocycles. The smallest absolute Gasteiger partial charge is 0.179 e. The number of fused-ring (bicyclic) bond motifs is 1. The Kier molecular flexibility index (Phi) is 3.32. The van der Waals surface area contributed by atoms with Gasteiger partial charge < -0.3 is 9.55 Å². The Hall–Kier alpha value is -0.980. The summed E-state index contributed by atoms with van der Waals surface area (Å²) in [5, 5.41) is 2.10. The Morgan fingerprint density at radius 1 is 1.50 bits per heavy atom. The minimum atomic E-state index is 0.729. The molecule has 0 saturated carbocycles. The van der Waals surface area contributed by atoms with Crippen molar-refractivity contribution in [3.63, 3.8) is 0 Å². The van der Waals surface area contributed by atoms with Crippen molar-refractivity contribution >= 4 is 50.6 Å². The molecule has 92 valence electrons. The molecular weight excluding hydrogens is 330 g/mol. The number of imidazole rings is 1. The van der Waals surface area contributed by atoms with Crippen LogP contribution >= 0.6 is 39.5 Å². The zero-order valence-corrected chi connectivity index (χ0v) is 12.6. The summed E-state index contributed by atoms with van der Waals surface area (Å²) in [5.41, 5.74) is 1.89. The van der Waals surface area contributed by atoms with Crippen LogP contribution in [0.2, 0.25) is 0 Å². The first kappa shape index (κ1) is 12.1. The molecule has 3 rings (SSSR count). The summed E-state index contributed by atoms with van der Waals surface area (Å²) in [6.45, 7) is 0.855. The SMILES string of the molecule is S=c1[nH]c2cc(Br)cnc2n1CCc1cccs1. The maximum Gasteiger partial charge on any atom is 0.179 e. The summed E-state index contributed by atoms with van der Waals surface area (Å²) in [7, 11) is 0. The van der Waals surface area contributed by atoms with Crippen LogP contribution in [0.3, 0.4) is 0 Å². The first-order chi connectivity index (χ1) is 8.74. The number of rotatable bonds is 3. The van der Waals surface area contributed by atoms with Crippen molar-refractivity contribution in [2.45, 2.75) is 13.0 Å². The molecule has 0 bridgehead atoms. The highest BCUT2D eigenvalue weighted by atomic mass is 79.9. The third-order valence-corrected chi connectivity index (χ3v) is 4.43. The van der Waals surface area contributed by atoms with Crippen molar-refractivity contribution in [1.82, 2.24) is 14.5 Å². The number of hydrogen-bond donors (Lipinski definition) is 1. The summed E-state index contributed by atoms with van der Waals surface area (Å²) < 4.78 is 3.74. The van der Waals surface area contributed by atoms with Crippen LogP contribution in [0.4, 0.5) is 0 Å². The van der Waals surface area contributed by atoms with E-state index in [0.29, 0.717) is 0 Å². The van der Waals surface area contributed by atoms with Crippen molar-refractivity contribution in [2.24, 2.45) is 0 Å². The van der Waals surface area contributed by atoms with E-state index < -0.39 is 0 Å². The molecule has 0 amide bonds. The molecule has 0 saturated heterocycles. The minimum Gasteiger partial charge on any atom is -0.329 e. The van der Waals surface area contributed by atoms with Crippen LogP contribution in [0.5, 0.6) is 0 Å². The topological polar surface area (TPSA) is 33.6 Å². The van der Waals surface area contributed by atoms with Crippen LogP contribution in [-0.4, -0.2) is 14.5 Å². The first-order valence-corrected chi connectivity index (χ1v) is 7.58. The predicted octanol–water partition coefficient (Wildman–Crippen LogP) is 4.16. The van der Waals surface area contributed by atoms with Crippen LogP contribution in [0.1, 0.15) is 4.88 Å². The third-order valence-electron chi connectivity index (χ3n) is 2.74. The molecule has 3 heterocycles. The van der Waals surface area contributed by atoms with Gasteiger partial charge in [-0.2, -0.15) is 0 Å². The highest BCUT2D eigenvalue weighted by Crippen LogP contribution is 2.18. The fourth-order valence-corrected chi connectivity index (χ4v) is 3.22. The van der Waals surface area contributed by atoms with Crippen LogP contribution in [0.15, 0.2) is 34.2 Å². The Labute approximate surface area is 122 Å². The van der Waals surface area contributed by atoms with Gasteiger partial charge in [0, 0.05) is 22.1 Å². The van der Waals surface area contributed by atoms with E-state index in [9.17, 15) is 0 Å². The summed E-state index contributed by atoms with van der Waals surface area (Å²) in [6, 6.07) is 6.22. The molecule has 0 aliphatic carbocycles. The first-order valence-electron chi connectivity index (χ1n) is 5.50. The Bertz CT molecular complexity index is 727. The number of pyridine rings is 1. The number of aromatic amines is 1. The average Bonchev–Trinajstić information content (AvgIpc) is 2.93. The van der Waals surface area contributed by atoms with Gasteiger partial charge in [-0.25, -0.2) is 4.98 Å². The van der Waals surface area contributed by atoms with Gasteiger partial charge in [-0.05, 0) is 52.1 Å². The summed E-state index contributed by atoms with van der Waals surface area (Å²) >= 11 is 10.5. The second kappa shape index (κ2) is 4.95. The van der Waals surface area contributed by atoms with Gasteiger partial charge in [0.15, 0.2) is 10.4 Å². The number of aryl methyl sites for hydroxylation is 2. The Balaban J connectivity index is 1.96. The van der Waals surface area contributed by atoms with Crippen molar-refractivity contribution in [2.75, 3.05) is 0 Å². The summed E-state index contributed by atoms with van der Waals surface area (Å²) in [4.78, 5) is 8.97. The van der Waals surface area contributed by atoms with Gasteiger partial charge in [-0.15, -0.1) is 11.3 Å². The third kappa shape index (κ3) is 2.28. The van der Waals surface area contributed by atoms with E-state index in [2.05, 4.69) is 48.0 Å². The van der Waals surface area contributed by atoms with Crippen LogP contribution in [-0.2, 0) is 13.0 Å². The second-order valence-corrected chi connectivity index (χ2v) is 6.27. The minimum absolute atomic E-state index is 0.729. The van der Waals surface area contributed by atoms with Gasteiger partial charge in [-0.1, -0.05) is 6.07 Å². The molecule has 3 aromatic rings. The number of nitrogens with one attached hydrogen (secondary N) is 1. The summed E-state index contributed by atoms with van der Waals surface area (Å²) in [5.74, 6) is 0. The standard InChI is InChI=1S/C12H10BrN3S2/c13-8-6-10-11(14-7-8)16(12(17)15-10)4-3-9-2-1-5-18-9/h1-2,5-7H,3-4H2,(H,15,17). The van der Waals surface area contributed by atoms with E-state index in [1.807, 2.05) is 6.07 Å². The fraction of sp³-hybridized carbons (Fsp3) is 0.167. The lowest BCUT2D eigenvalue weighted by atomic mass is 10.3. The molecule has 1 N–H and O–H groups in total. The normalized spacial score (nSPS) is 11.2. The molecule has 0 unspecified atom stereocenters. The number of thiophene rings is 1. The van der Waals surface area contributed by atoms with Crippen molar-refractivity contribution in [1.29, 1.82) is 0 Å². The number of hydrogen-bond acceptors (Lipinski definition) is 3. The van der Waals surface area contributed by atoms with Crippen molar-refractivity contribution in [3.05, 3.63) is 43.9 Å². The lowest BCUT2D eigenvalue weighted by Crippen LogP contribution is -2.01. The van der Waals surface area contributed by atoms with Gasteiger partial charge in [0.25, 0.3) is 0 Å². The molecule has 0 atom stereocenters. The zero-order valence-electron chi connectivity index (χ0n) is 9.39. The van der Waals surface area contributed by atoms with Crippen LogP contribution in [0.25, 0.3) is 11.2 Å². The van der Waals surface area contributed by atoms with Crippen LogP contribution < -0.4 is 0 Å². The molecule has 0 fully saturated rings. The largest absolute Gasteiger partial charge is 0.329 e. The molecule has 18 heavy (non-hydrogen) atoms. The van der Waals surface area contributed by atoms with E-state index in [1.165, 1.54) is 4.88 Å². The maximum absolute atomic E-state index is 5.35. The second-order valence-electron chi connectivity index (χ2n) is 3.94. The highest BCUT2D eigenvalue weighted by Gasteiger charge is 2.06. The molecule has 0 radical (unpaired) electrons. The fourth-order valence-electron chi connectivity index (χ4n) is 1.90. The highest BCUT2D eigenvalue weighted by molar-refractivity contribution is 9.10. The molecule has 0 aromatic carbocycles. The number of halogens is 1. The quantitative estimate of drug-likeness (QED) is 0.727. The summed E-state index contributed by atoms with van der Waals surface area (Å²) in [6.07, 6.45) is 2.78. The van der Waals surface area contributed by atoms with Gasteiger partial charge in [0.2, 0.25) is 0 Å². The average molecular weight is 340 g/mol. The molecule has 0 spiro atoms. The number of H-pyrrole nitrogens is 1. The zero-order chi connectivity index (χ0) is 12.5. The van der Waals surface area contributed by atoms with Gasteiger partial charge in [0.1, 0.15) is 0 Å². The van der Waals surface area contributed by atoms with Gasteiger partial charge in [-0.3, -0.25) is 0 Å². The molecule has 6 heteroatoms. The lowest BCUT2D eigenvalue weighted by Gasteiger charge is -2.02. The lowest BCUT2D eigenvalue weighted by molar-refractivity contribution is 0.706. The van der Waals surface area contributed by atoms with E-state index in [4.69, 9.17) is 12.2 Å². The predicted molar refractivity (Wildman–Crippen MR) is 80.6 cm³/mol. The molecule has 0 aliphatic rings. The van der Waals surface area contributed by atoms with Crippen LogP contribution in [0, 0.1) is 4.77 Å². The van der Waals surface area contributed by atoms with E-state index in [-0.39, 0.29) is 0 Å². The van der Waals surface area contributed by atoms with Crippen molar-refractivity contribution < 1.29 is 0 Å². The monoisotopic (exact) mass is 339 g/mol. The van der Waals surface area contributed by atoms with E-state index in [0.717, 1.165) is 33.4 Å². The van der Waals surface area contributed by atoms with E-state index in [1.54, 1.807) is 17.5 Å². The van der Waals surface area contributed by atoms with Gasteiger partial charge >= 0.3 is 0 Å². The molecule has 0 aliphatic heterocycles. The Morgan fingerprint density at radius 3 is 3.17 bits per heavy atom. The van der Waals surface area contributed by atoms with Crippen molar-refractivity contribution in [3.8, 4) is 0 Å². The van der Waals surface area contributed by atoms with E-state index >= 15 is 0 Å². The maximum atomic E-state index is 5.35. The molecule has 3 nitrogen and oxygen atoms in total. The number of nitrogens with zero attached hydrogens (tertiary/aromatic N) is 2. The van der Waals surface area contributed by atoms with Gasteiger partial charge in [0.05, 0.1) is 5.52 Å². The Morgan fingerprint density at radius 2 is 2.39 bits per heavy atom.